The smallest absolute Gasteiger partial charge is 0.118 e. The molecule has 15 rings (SSSR count). The number of ether oxygens (including phenoxy) is 2. The van der Waals surface area contributed by atoms with Gasteiger partial charge in [-0.3, -0.25) is 19.9 Å². The highest BCUT2D eigenvalue weighted by Crippen LogP contribution is 2.58. The normalized spacial score (nSPS) is 16.8. The van der Waals surface area contributed by atoms with Gasteiger partial charge in [0.15, 0.2) is 0 Å². The fraction of sp³-hybridized carbons (Fsp3) is 0.125. The molecule has 6 heterocycles. The lowest BCUT2D eigenvalue weighted by Gasteiger charge is -2.34. The van der Waals surface area contributed by atoms with Gasteiger partial charge in [0.05, 0.1) is 47.8 Å². The molecule has 3 aliphatic rings. The fourth-order valence-electron chi connectivity index (χ4n) is 13.3. The largest absolute Gasteiger partial charge is 0.497 e. The van der Waals surface area contributed by atoms with Crippen molar-refractivity contribution in [2.24, 2.45) is 0 Å². The lowest BCUT2D eigenvalue weighted by Crippen LogP contribution is -2.28. The summed E-state index contributed by atoms with van der Waals surface area (Å²) in [6, 6.07) is 58.7. The first-order chi connectivity index (χ1) is 35.5. The Labute approximate surface area is 415 Å². The summed E-state index contributed by atoms with van der Waals surface area (Å²) < 4.78 is 16.4. The van der Waals surface area contributed by atoms with Gasteiger partial charge < -0.3 is 18.6 Å². The van der Waals surface area contributed by atoms with Crippen LogP contribution >= 0.6 is 0 Å². The van der Waals surface area contributed by atoms with Gasteiger partial charge in [0.25, 0.3) is 0 Å². The van der Waals surface area contributed by atoms with Crippen LogP contribution in [0.1, 0.15) is 58.4 Å². The van der Waals surface area contributed by atoms with Crippen LogP contribution in [0.15, 0.2) is 183 Å². The molecule has 0 saturated heterocycles. The zero-order chi connectivity index (χ0) is 48.0. The summed E-state index contributed by atoms with van der Waals surface area (Å²) >= 11 is 0. The summed E-state index contributed by atoms with van der Waals surface area (Å²) in [4.78, 5) is 21.0. The molecule has 12 bridgehead atoms. The minimum absolute atomic E-state index is 0.767. The minimum atomic E-state index is -0.767. The van der Waals surface area contributed by atoms with Gasteiger partial charge in [0, 0.05) is 104 Å². The van der Waals surface area contributed by atoms with Crippen molar-refractivity contribution in [3.8, 4) is 56.5 Å². The highest BCUT2D eigenvalue weighted by Gasteiger charge is 2.50. The van der Waals surface area contributed by atoms with Crippen LogP contribution in [0, 0.1) is 0 Å². The van der Waals surface area contributed by atoms with E-state index >= 15 is 0 Å². The summed E-state index contributed by atoms with van der Waals surface area (Å²) in [5.41, 5.74) is 19.9. The molecule has 0 radical (unpaired) electrons. The molecule has 72 heavy (non-hydrogen) atoms. The third-order valence-electron chi connectivity index (χ3n) is 16.4. The number of hydrogen-bond donors (Lipinski definition) is 0. The summed E-state index contributed by atoms with van der Waals surface area (Å²) in [6.07, 6.45) is 7.87. The first-order valence-electron chi connectivity index (χ1n) is 24.8. The lowest BCUT2D eigenvalue weighted by atomic mass is 9.67. The second-order valence-electron chi connectivity index (χ2n) is 19.4. The third-order valence-corrected chi connectivity index (χ3v) is 16.4. The molecular formula is C64H46N6O2. The van der Waals surface area contributed by atoms with Gasteiger partial charge in [-0.2, -0.15) is 0 Å². The van der Waals surface area contributed by atoms with Crippen LogP contribution in [0.5, 0.6) is 11.5 Å². The number of methoxy groups -OCH3 is 2. The highest BCUT2D eigenvalue weighted by atomic mass is 16.5. The van der Waals surface area contributed by atoms with Gasteiger partial charge >= 0.3 is 0 Å². The van der Waals surface area contributed by atoms with Crippen LogP contribution in [-0.2, 0) is 23.9 Å². The second-order valence-corrected chi connectivity index (χ2v) is 19.4. The molecule has 344 valence electrons. The van der Waals surface area contributed by atoms with E-state index in [0.29, 0.717) is 0 Å². The van der Waals surface area contributed by atoms with Crippen LogP contribution in [0.2, 0.25) is 0 Å². The van der Waals surface area contributed by atoms with Crippen LogP contribution in [-0.4, -0.2) is 43.3 Å². The van der Waals surface area contributed by atoms with Gasteiger partial charge in [0.2, 0.25) is 0 Å². The molecule has 12 aromatic rings. The van der Waals surface area contributed by atoms with E-state index in [9.17, 15) is 0 Å². The molecule has 6 aromatic heterocycles. The molecule has 0 amide bonds. The Hall–Kier alpha value is -8.88. The number of nitrogens with zero attached hydrogens (tertiary/aromatic N) is 6. The molecule has 0 fully saturated rings. The fourth-order valence-corrected chi connectivity index (χ4v) is 13.3. The predicted octanol–water partition coefficient (Wildman–Crippen LogP) is 13.9. The molecule has 8 heteroatoms. The van der Waals surface area contributed by atoms with Crippen molar-refractivity contribution < 1.29 is 9.47 Å². The van der Waals surface area contributed by atoms with Gasteiger partial charge in [-0.1, -0.05) is 60.7 Å². The Kier molecular flexibility index (Phi) is 8.43. The van der Waals surface area contributed by atoms with Gasteiger partial charge in [-0.25, -0.2) is 0 Å². The van der Waals surface area contributed by atoms with Crippen molar-refractivity contribution in [1.82, 2.24) is 29.1 Å². The average Bonchev–Trinajstić information content (AvgIpc) is 4.14. The van der Waals surface area contributed by atoms with Crippen LogP contribution in [0.3, 0.4) is 0 Å². The van der Waals surface area contributed by atoms with Crippen molar-refractivity contribution in [3.05, 3.63) is 227 Å². The standard InChI is InChI=1S/C64H46N6O2/c1-5-69-55-23-11-37-29-47(55)49-33-43(17-25-57(49)69)63(41-13-19-45(71-3)20-14-41)51-9-7-27-65-59(51)61-53(63)32-40(36-68-61)38-12-24-56-48(30-38)50-34-44(18-26-58(50)70(56)6-2)64(42-15-21-46(72-4)22-16-42)52-10-8-28-66-60(52)62-54(64)31-39(37)35-67-62/h7-36H,5-6H2,1-4H3. The first-order valence-corrected chi connectivity index (χ1v) is 24.8. The maximum Gasteiger partial charge on any atom is 0.118 e. The highest BCUT2D eigenvalue weighted by molar-refractivity contribution is 6.11. The zero-order valence-electron chi connectivity index (χ0n) is 40.2. The number of aryl methyl sites for hydroxylation is 2. The first kappa shape index (κ1) is 41.0. The summed E-state index contributed by atoms with van der Waals surface area (Å²) in [6.45, 7) is 6.10. The molecule has 2 atom stereocenters. The SMILES string of the molecule is CCn1c2ccc3cc2c2cc(ccc21)C1(c2ccc(OC)cc2)c2cccnc2-c2ncc(cc21)-c1ccc2c(c1)c1cc(ccc1n2CC)C1(c2ccc(OC)cc2)c2cccnc2-c2ncc-3cc21. The average molecular weight is 931 g/mol. The quantitative estimate of drug-likeness (QED) is 0.165. The van der Waals surface area contributed by atoms with Crippen molar-refractivity contribution >= 4 is 43.6 Å². The van der Waals surface area contributed by atoms with Crippen LogP contribution in [0.25, 0.3) is 88.6 Å². The van der Waals surface area contributed by atoms with Crippen LogP contribution < -0.4 is 9.47 Å². The van der Waals surface area contributed by atoms with Crippen LogP contribution in [0.4, 0.5) is 0 Å². The molecule has 8 nitrogen and oxygen atoms in total. The minimum Gasteiger partial charge on any atom is -0.497 e. The van der Waals surface area contributed by atoms with Gasteiger partial charge in [0.1, 0.15) is 11.5 Å². The summed E-state index contributed by atoms with van der Waals surface area (Å²) in [5, 5.41) is 4.73. The zero-order valence-corrected chi connectivity index (χ0v) is 40.2. The molecule has 0 spiro atoms. The molecule has 0 N–H and O–H groups in total. The Morgan fingerprint density at radius 3 is 1.15 bits per heavy atom. The summed E-state index contributed by atoms with van der Waals surface area (Å²) in [7, 11) is 3.45. The van der Waals surface area contributed by atoms with E-state index in [2.05, 4.69) is 181 Å². The third kappa shape index (κ3) is 5.15. The van der Waals surface area contributed by atoms with E-state index in [1.807, 2.05) is 24.8 Å². The summed E-state index contributed by atoms with van der Waals surface area (Å²) in [5.74, 6) is 1.61. The topological polar surface area (TPSA) is 79.9 Å². The van der Waals surface area contributed by atoms with Crippen molar-refractivity contribution in [1.29, 1.82) is 0 Å². The monoisotopic (exact) mass is 930 g/mol. The van der Waals surface area contributed by atoms with Crippen molar-refractivity contribution in [2.45, 2.75) is 37.8 Å². The molecule has 0 saturated carbocycles. The number of fused-ring (bicyclic) bond motifs is 16. The Morgan fingerprint density at radius 2 is 0.750 bits per heavy atom. The second kappa shape index (κ2) is 14.8. The predicted molar refractivity (Wildman–Crippen MR) is 287 cm³/mol. The van der Waals surface area contributed by atoms with E-state index < -0.39 is 10.8 Å². The van der Waals surface area contributed by atoms with Crippen molar-refractivity contribution in [3.63, 3.8) is 0 Å². The number of aromatic nitrogens is 6. The van der Waals surface area contributed by atoms with E-state index in [0.717, 1.165) is 114 Å². The lowest BCUT2D eigenvalue weighted by molar-refractivity contribution is 0.414. The molecule has 3 aliphatic carbocycles. The Morgan fingerprint density at radius 1 is 0.375 bits per heavy atom. The Bertz CT molecular complexity index is 4010. The van der Waals surface area contributed by atoms with E-state index in [1.165, 1.54) is 43.6 Å². The number of benzene rings is 6. The molecular weight excluding hydrogens is 885 g/mol. The van der Waals surface area contributed by atoms with E-state index in [1.54, 1.807) is 14.2 Å². The number of pyridine rings is 4. The molecule has 0 aliphatic heterocycles. The maximum atomic E-state index is 5.77. The van der Waals surface area contributed by atoms with E-state index in [4.69, 9.17) is 29.4 Å². The number of rotatable bonds is 6. The molecule has 2 unspecified atom stereocenters. The Balaban J connectivity index is 1.11. The van der Waals surface area contributed by atoms with Gasteiger partial charge in [-0.05, 0) is 155 Å². The van der Waals surface area contributed by atoms with Crippen molar-refractivity contribution in [2.75, 3.05) is 14.2 Å². The maximum absolute atomic E-state index is 5.77. The van der Waals surface area contributed by atoms with Gasteiger partial charge in [-0.15, -0.1) is 0 Å². The molecule has 6 aromatic carbocycles. The van der Waals surface area contributed by atoms with E-state index in [-0.39, 0.29) is 0 Å². The number of hydrogen-bond acceptors (Lipinski definition) is 6.